The van der Waals surface area contributed by atoms with Crippen molar-refractivity contribution in [3.8, 4) is 5.75 Å². The summed E-state index contributed by atoms with van der Waals surface area (Å²) in [6.45, 7) is 0. The number of hydrogen-bond acceptors (Lipinski definition) is 2. The van der Waals surface area contributed by atoms with Gasteiger partial charge < -0.3 is 9.84 Å². The van der Waals surface area contributed by atoms with Gasteiger partial charge in [0.25, 0.3) is 0 Å². The third-order valence-corrected chi connectivity index (χ3v) is 2.59. The van der Waals surface area contributed by atoms with E-state index >= 15 is 0 Å². The van der Waals surface area contributed by atoms with Crippen molar-refractivity contribution < 1.29 is 23.0 Å². The predicted octanol–water partition coefficient (Wildman–Crippen LogP) is 3.55. The lowest BCUT2D eigenvalue weighted by Crippen LogP contribution is -2.11. The van der Waals surface area contributed by atoms with Crippen LogP contribution in [0.15, 0.2) is 18.2 Å². The number of aliphatic hydroxyl groups is 1. The van der Waals surface area contributed by atoms with Crippen LogP contribution < -0.4 is 4.74 Å². The third kappa shape index (κ3) is 3.40. The van der Waals surface area contributed by atoms with E-state index in [-0.39, 0.29) is 11.3 Å². The lowest BCUT2D eigenvalue weighted by molar-refractivity contribution is -0.138. The Morgan fingerprint density at radius 1 is 1.29 bits per heavy atom. The average Bonchev–Trinajstić information content (AvgIpc) is 2.25. The van der Waals surface area contributed by atoms with Crippen LogP contribution in [0.2, 0.25) is 0 Å². The molecule has 0 radical (unpaired) electrons. The highest BCUT2D eigenvalue weighted by atomic mass is 35.5. The van der Waals surface area contributed by atoms with Crippen molar-refractivity contribution in [2.45, 2.75) is 17.1 Å². The first-order valence-electron chi connectivity index (χ1n) is 4.48. The monoisotopic (exact) mass is 288 g/mol. The Labute approximate surface area is 106 Å². The second kappa shape index (κ2) is 5.33. The van der Waals surface area contributed by atoms with Crippen LogP contribution in [0.3, 0.4) is 0 Å². The Morgan fingerprint density at radius 3 is 2.29 bits per heavy atom. The lowest BCUT2D eigenvalue weighted by atomic mass is 10.1. The van der Waals surface area contributed by atoms with E-state index in [2.05, 4.69) is 4.74 Å². The van der Waals surface area contributed by atoms with Crippen molar-refractivity contribution in [2.24, 2.45) is 0 Å². The minimum Gasteiger partial charge on any atom is -0.496 e. The van der Waals surface area contributed by atoms with Crippen LogP contribution in [-0.4, -0.2) is 17.1 Å². The molecule has 0 aliphatic carbocycles. The summed E-state index contributed by atoms with van der Waals surface area (Å²) in [5, 5.41) is 9.48. The molecular weight excluding hydrogens is 280 g/mol. The number of aliphatic hydroxyl groups excluding tert-OH is 1. The van der Waals surface area contributed by atoms with Gasteiger partial charge in [0, 0.05) is 0 Å². The van der Waals surface area contributed by atoms with Gasteiger partial charge >= 0.3 is 6.18 Å². The van der Waals surface area contributed by atoms with Crippen LogP contribution in [0.1, 0.15) is 17.2 Å². The number of alkyl halides is 5. The average molecular weight is 289 g/mol. The second-order valence-corrected chi connectivity index (χ2v) is 4.40. The molecule has 0 saturated carbocycles. The SMILES string of the molecule is COc1ccc(C(O)C(Cl)Cl)cc1C(F)(F)F. The maximum atomic E-state index is 12.7. The Bertz CT molecular complexity index is 394. The standard InChI is InChI=1S/C10H9Cl2F3O2/c1-17-7-3-2-5(8(16)9(11)12)4-6(7)10(13,14)15/h2-4,8-9,16H,1H3. The van der Waals surface area contributed by atoms with Gasteiger partial charge in [-0.1, -0.05) is 6.07 Å². The summed E-state index contributed by atoms with van der Waals surface area (Å²) >= 11 is 10.8. The third-order valence-electron chi connectivity index (χ3n) is 2.11. The Morgan fingerprint density at radius 2 is 1.88 bits per heavy atom. The molecule has 7 heteroatoms. The molecule has 0 amide bonds. The summed E-state index contributed by atoms with van der Waals surface area (Å²) < 4.78 is 42.6. The van der Waals surface area contributed by atoms with E-state index in [1.165, 1.54) is 6.07 Å². The van der Waals surface area contributed by atoms with E-state index in [0.29, 0.717) is 0 Å². The van der Waals surface area contributed by atoms with Crippen molar-refractivity contribution in [1.82, 2.24) is 0 Å². The van der Waals surface area contributed by atoms with Crippen LogP contribution in [-0.2, 0) is 6.18 Å². The van der Waals surface area contributed by atoms with E-state index in [9.17, 15) is 18.3 Å². The minimum absolute atomic E-state index is 0.0203. The molecule has 0 aliphatic rings. The topological polar surface area (TPSA) is 29.5 Å². The van der Waals surface area contributed by atoms with Crippen LogP contribution in [0.5, 0.6) is 5.75 Å². The van der Waals surface area contributed by atoms with Gasteiger partial charge in [0.1, 0.15) is 16.7 Å². The van der Waals surface area contributed by atoms with E-state index < -0.39 is 22.7 Å². The lowest BCUT2D eigenvalue weighted by Gasteiger charge is -2.16. The summed E-state index contributed by atoms with van der Waals surface area (Å²) in [6, 6.07) is 3.15. The molecule has 0 aliphatic heterocycles. The fourth-order valence-corrected chi connectivity index (χ4v) is 1.57. The number of benzene rings is 1. The zero-order valence-corrected chi connectivity index (χ0v) is 10.1. The number of halogens is 5. The fourth-order valence-electron chi connectivity index (χ4n) is 1.28. The zero-order valence-electron chi connectivity index (χ0n) is 8.63. The molecule has 0 bridgehead atoms. The van der Waals surface area contributed by atoms with Gasteiger partial charge in [-0.2, -0.15) is 13.2 Å². The molecule has 0 fully saturated rings. The molecule has 0 aromatic heterocycles. The minimum atomic E-state index is -4.57. The largest absolute Gasteiger partial charge is 0.496 e. The molecule has 1 aromatic rings. The summed E-state index contributed by atoms with van der Waals surface area (Å²) in [6.07, 6.45) is -5.96. The highest BCUT2D eigenvalue weighted by molar-refractivity contribution is 6.44. The summed E-state index contributed by atoms with van der Waals surface area (Å²) in [5.41, 5.74) is -1.00. The van der Waals surface area contributed by atoms with Crippen molar-refractivity contribution in [3.05, 3.63) is 29.3 Å². The highest BCUT2D eigenvalue weighted by Gasteiger charge is 2.35. The maximum Gasteiger partial charge on any atom is 0.419 e. The Hall–Kier alpha value is -0.650. The van der Waals surface area contributed by atoms with Gasteiger partial charge in [-0.05, 0) is 17.7 Å². The molecule has 96 valence electrons. The molecule has 0 heterocycles. The molecular formula is C10H9Cl2F3O2. The quantitative estimate of drug-likeness (QED) is 0.862. The van der Waals surface area contributed by atoms with Gasteiger partial charge in [-0.3, -0.25) is 0 Å². The van der Waals surface area contributed by atoms with E-state index in [0.717, 1.165) is 19.2 Å². The molecule has 1 atom stereocenters. The fraction of sp³-hybridized carbons (Fsp3) is 0.400. The molecule has 1 aromatic carbocycles. The van der Waals surface area contributed by atoms with Gasteiger partial charge in [0.05, 0.1) is 12.7 Å². The van der Waals surface area contributed by atoms with Crippen molar-refractivity contribution in [3.63, 3.8) is 0 Å². The van der Waals surface area contributed by atoms with Crippen LogP contribution in [0.25, 0.3) is 0 Å². The molecule has 1 N–H and O–H groups in total. The first-order valence-corrected chi connectivity index (χ1v) is 5.36. The molecule has 1 unspecified atom stereocenters. The van der Waals surface area contributed by atoms with Gasteiger partial charge in [-0.25, -0.2) is 0 Å². The normalized spacial score (nSPS) is 13.9. The van der Waals surface area contributed by atoms with Crippen molar-refractivity contribution >= 4 is 23.2 Å². The first kappa shape index (κ1) is 14.4. The first-order chi connectivity index (χ1) is 7.77. The van der Waals surface area contributed by atoms with Crippen LogP contribution in [0, 0.1) is 0 Å². The van der Waals surface area contributed by atoms with Crippen LogP contribution >= 0.6 is 23.2 Å². The van der Waals surface area contributed by atoms with Crippen molar-refractivity contribution in [1.29, 1.82) is 0 Å². The number of ether oxygens (including phenoxy) is 1. The van der Waals surface area contributed by atoms with E-state index in [4.69, 9.17) is 23.2 Å². The second-order valence-electron chi connectivity index (χ2n) is 3.24. The Kier molecular flexibility index (Phi) is 4.52. The van der Waals surface area contributed by atoms with Gasteiger partial charge in [0.2, 0.25) is 0 Å². The predicted molar refractivity (Wildman–Crippen MR) is 58.4 cm³/mol. The number of rotatable bonds is 3. The smallest absolute Gasteiger partial charge is 0.419 e. The summed E-state index contributed by atoms with van der Waals surface area (Å²) in [5.74, 6) is -0.325. The molecule has 1 rings (SSSR count). The number of hydrogen-bond donors (Lipinski definition) is 1. The van der Waals surface area contributed by atoms with Crippen molar-refractivity contribution in [2.75, 3.05) is 7.11 Å². The zero-order chi connectivity index (χ0) is 13.2. The molecule has 0 spiro atoms. The highest BCUT2D eigenvalue weighted by Crippen LogP contribution is 2.38. The molecule has 2 nitrogen and oxygen atoms in total. The van der Waals surface area contributed by atoms with Gasteiger partial charge in [0.15, 0.2) is 0 Å². The summed E-state index contributed by atoms with van der Waals surface area (Å²) in [7, 11) is 1.13. The van der Waals surface area contributed by atoms with Crippen LogP contribution in [0.4, 0.5) is 13.2 Å². The number of methoxy groups -OCH3 is 1. The molecule has 17 heavy (non-hydrogen) atoms. The van der Waals surface area contributed by atoms with E-state index in [1.54, 1.807) is 0 Å². The Balaban J connectivity index is 3.23. The summed E-state index contributed by atoms with van der Waals surface area (Å²) in [4.78, 5) is -1.20. The van der Waals surface area contributed by atoms with E-state index in [1.807, 2.05) is 0 Å². The molecule has 0 saturated heterocycles. The maximum absolute atomic E-state index is 12.7. The van der Waals surface area contributed by atoms with Gasteiger partial charge in [-0.15, -0.1) is 23.2 Å².